The van der Waals surface area contributed by atoms with E-state index in [9.17, 15) is 4.79 Å². The molecule has 24 heavy (non-hydrogen) atoms. The Bertz CT molecular complexity index is 909. The molecule has 3 heteroatoms. The molecule has 3 nitrogen and oxygen atoms in total. The van der Waals surface area contributed by atoms with Gasteiger partial charge in [-0.1, -0.05) is 42.5 Å². The van der Waals surface area contributed by atoms with E-state index in [-0.39, 0.29) is 11.4 Å². The topological polar surface area (TPSA) is 34.0 Å². The van der Waals surface area contributed by atoms with E-state index >= 15 is 0 Å². The summed E-state index contributed by atoms with van der Waals surface area (Å²) in [4.78, 5) is 13.1. The number of amides is 1. The van der Waals surface area contributed by atoms with Gasteiger partial charge in [0.15, 0.2) is 0 Å². The number of carbonyl (C=O) groups is 1. The Balaban J connectivity index is 1.72. The summed E-state index contributed by atoms with van der Waals surface area (Å²) in [5.74, 6) is 0.0203. The molecule has 1 amide bonds. The molecule has 1 aliphatic carbocycles. The van der Waals surface area contributed by atoms with Crippen LogP contribution in [0.1, 0.15) is 40.0 Å². The Labute approximate surface area is 142 Å². The first-order valence-electron chi connectivity index (χ1n) is 8.46. The van der Waals surface area contributed by atoms with E-state index in [1.807, 2.05) is 36.7 Å². The molecule has 0 spiro atoms. The highest BCUT2D eigenvalue weighted by atomic mass is 16.2. The monoisotopic (exact) mass is 318 g/mol. The SMILES string of the molecule is Cc1ccccc1C1(NC(=O)c2c(C)c3ccccc3n2C)CC1. The fourth-order valence-electron chi connectivity index (χ4n) is 3.88. The van der Waals surface area contributed by atoms with E-state index < -0.39 is 0 Å². The van der Waals surface area contributed by atoms with E-state index in [0.717, 1.165) is 35.0 Å². The largest absolute Gasteiger partial charge is 0.341 e. The van der Waals surface area contributed by atoms with Crippen molar-refractivity contribution in [1.29, 1.82) is 0 Å². The molecule has 0 bridgehead atoms. The fraction of sp³-hybridized carbons (Fsp3) is 0.286. The van der Waals surface area contributed by atoms with Crippen LogP contribution >= 0.6 is 0 Å². The second-order valence-corrected chi connectivity index (χ2v) is 6.90. The van der Waals surface area contributed by atoms with Crippen molar-refractivity contribution in [2.75, 3.05) is 0 Å². The van der Waals surface area contributed by atoms with Crippen LogP contribution in [-0.4, -0.2) is 10.5 Å². The van der Waals surface area contributed by atoms with Gasteiger partial charge in [0, 0.05) is 18.0 Å². The molecule has 0 saturated heterocycles. The lowest BCUT2D eigenvalue weighted by molar-refractivity contribution is 0.0922. The van der Waals surface area contributed by atoms with Gasteiger partial charge in [-0.25, -0.2) is 0 Å². The first-order valence-corrected chi connectivity index (χ1v) is 8.46. The summed E-state index contributed by atoms with van der Waals surface area (Å²) in [6.45, 7) is 4.15. The Morgan fingerprint density at radius 1 is 1.04 bits per heavy atom. The fourth-order valence-corrected chi connectivity index (χ4v) is 3.88. The zero-order valence-corrected chi connectivity index (χ0v) is 14.4. The number of benzene rings is 2. The highest BCUT2D eigenvalue weighted by Gasteiger charge is 2.46. The zero-order chi connectivity index (χ0) is 16.9. The standard InChI is InChI=1S/C21H22N2O/c1-14-8-4-6-10-17(14)21(12-13-21)22-20(24)19-15(2)16-9-5-7-11-18(16)23(19)3/h4-11H,12-13H2,1-3H3,(H,22,24). The second kappa shape index (κ2) is 5.23. The van der Waals surface area contributed by atoms with Crippen LogP contribution in [0.2, 0.25) is 0 Å². The van der Waals surface area contributed by atoms with Gasteiger partial charge in [0.1, 0.15) is 5.69 Å². The lowest BCUT2D eigenvalue weighted by atomic mass is 9.99. The number of aryl methyl sites for hydroxylation is 3. The number of nitrogens with zero attached hydrogens (tertiary/aromatic N) is 1. The summed E-state index contributed by atoms with van der Waals surface area (Å²) in [6, 6.07) is 16.5. The molecule has 1 N–H and O–H groups in total. The van der Waals surface area contributed by atoms with Crippen LogP contribution in [-0.2, 0) is 12.6 Å². The predicted octanol–water partition coefficient (Wildman–Crippen LogP) is 4.21. The van der Waals surface area contributed by atoms with Crippen LogP contribution < -0.4 is 5.32 Å². The first kappa shape index (κ1) is 15.0. The molecule has 1 aliphatic rings. The number of hydrogen-bond acceptors (Lipinski definition) is 1. The van der Waals surface area contributed by atoms with Gasteiger partial charge in [-0.3, -0.25) is 4.79 Å². The Morgan fingerprint density at radius 3 is 2.38 bits per heavy atom. The molecular weight excluding hydrogens is 296 g/mol. The second-order valence-electron chi connectivity index (χ2n) is 6.90. The zero-order valence-electron chi connectivity index (χ0n) is 14.4. The van der Waals surface area contributed by atoms with Crippen molar-refractivity contribution in [3.8, 4) is 0 Å². The Morgan fingerprint density at radius 2 is 1.71 bits per heavy atom. The maximum Gasteiger partial charge on any atom is 0.268 e. The minimum absolute atomic E-state index is 0.0203. The summed E-state index contributed by atoms with van der Waals surface area (Å²) in [5, 5.41) is 4.47. The van der Waals surface area contributed by atoms with Gasteiger partial charge in [-0.05, 0) is 49.4 Å². The van der Waals surface area contributed by atoms with Crippen molar-refractivity contribution in [1.82, 2.24) is 9.88 Å². The molecule has 2 aromatic carbocycles. The summed E-state index contributed by atoms with van der Waals surface area (Å²) in [7, 11) is 1.97. The van der Waals surface area contributed by atoms with Gasteiger partial charge >= 0.3 is 0 Å². The maximum absolute atomic E-state index is 13.1. The van der Waals surface area contributed by atoms with Gasteiger partial charge in [-0.2, -0.15) is 0 Å². The van der Waals surface area contributed by atoms with Gasteiger partial charge in [0.2, 0.25) is 0 Å². The van der Waals surface area contributed by atoms with Crippen molar-refractivity contribution in [3.63, 3.8) is 0 Å². The molecule has 0 aliphatic heterocycles. The summed E-state index contributed by atoms with van der Waals surface area (Å²) < 4.78 is 2.01. The quantitative estimate of drug-likeness (QED) is 0.771. The minimum Gasteiger partial charge on any atom is -0.341 e. The third-order valence-electron chi connectivity index (χ3n) is 5.34. The van der Waals surface area contributed by atoms with Crippen LogP contribution in [0.4, 0.5) is 0 Å². The number of rotatable bonds is 3. The predicted molar refractivity (Wildman–Crippen MR) is 97.2 cm³/mol. The third-order valence-corrected chi connectivity index (χ3v) is 5.34. The Hall–Kier alpha value is -2.55. The average molecular weight is 318 g/mol. The average Bonchev–Trinajstić information content (AvgIpc) is 3.30. The van der Waals surface area contributed by atoms with Gasteiger partial charge in [0.05, 0.1) is 5.54 Å². The number of nitrogens with one attached hydrogen (secondary N) is 1. The van der Waals surface area contributed by atoms with E-state index in [0.29, 0.717) is 0 Å². The number of para-hydroxylation sites is 1. The number of carbonyl (C=O) groups excluding carboxylic acids is 1. The number of hydrogen-bond donors (Lipinski definition) is 1. The van der Waals surface area contributed by atoms with Crippen LogP contribution in [0.3, 0.4) is 0 Å². The first-order chi connectivity index (χ1) is 11.5. The highest BCUT2D eigenvalue weighted by Crippen LogP contribution is 2.47. The maximum atomic E-state index is 13.1. The smallest absolute Gasteiger partial charge is 0.268 e. The summed E-state index contributed by atoms with van der Waals surface area (Å²) in [5.41, 5.74) is 5.20. The lowest BCUT2D eigenvalue weighted by Gasteiger charge is -2.20. The van der Waals surface area contributed by atoms with E-state index in [1.54, 1.807) is 0 Å². The van der Waals surface area contributed by atoms with Crippen molar-refractivity contribution in [2.45, 2.75) is 32.2 Å². The molecule has 1 aromatic heterocycles. The molecular formula is C21H22N2O. The van der Waals surface area contributed by atoms with E-state index in [4.69, 9.17) is 0 Å². The molecule has 0 unspecified atom stereocenters. The molecule has 1 fully saturated rings. The summed E-state index contributed by atoms with van der Waals surface area (Å²) in [6.07, 6.45) is 2.01. The van der Waals surface area contributed by atoms with Crippen molar-refractivity contribution in [2.24, 2.45) is 7.05 Å². The molecule has 1 saturated carbocycles. The van der Waals surface area contributed by atoms with Crippen LogP contribution in [0.25, 0.3) is 10.9 Å². The molecule has 3 aromatic rings. The van der Waals surface area contributed by atoms with Crippen molar-refractivity contribution < 1.29 is 4.79 Å². The third kappa shape index (κ3) is 2.15. The normalized spacial score (nSPS) is 15.5. The highest BCUT2D eigenvalue weighted by molar-refractivity contribution is 6.02. The molecule has 1 heterocycles. The van der Waals surface area contributed by atoms with Gasteiger partial charge in [-0.15, -0.1) is 0 Å². The van der Waals surface area contributed by atoms with E-state index in [2.05, 4.69) is 42.6 Å². The molecule has 122 valence electrons. The lowest BCUT2D eigenvalue weighted by Crippen LogP contribution is -2.36. The molecule has 0 atom stereocenters. The molecule has 4 rings (SSSR count). The number of aromatic nitrogens is 1. The van der Waals surface area contributed by atoms with E-state index in [1.165, 1.54) is 11.1 Å². The Kier molecular flexibility index (Phi) is 3.27. The van der Waals surface area contributed by atoms with Crippen LogP contribution in [0, 0.1) is 13.8 Å². The summed E-state index contributed by atoms with van der Waals surface area (Å²) >= 11 is 0. The van der Waals surface area contributed by atoms with Gasteiger partial charge in [0.25, 0.3) is 5.91 Å². The van der Waals surface area contributed by atoms with Gasteiger partial charge < -0.3 is 9.88 Å². The van der Waals surface area contributed by atoms with Crippen LogP contribution in [0.15, 0.2) is 48.5 Å². The van der Waals surface area contributed by atoms with Crippen LogP contribution in [0.5, 0.6) is 0 Å². The minimum atomic E-state index is -0.189. The molecule has 0 radical (unpaired) electrons. The van der Waals surface area contributed by atoms with Crippen molar-refractivity contribution >= 4 is 16.8 Å². The number of fused-ring (bicyclic) bond motifs is 1. The van der Waals surface area contributed by atoms with Crippen molar-refractivity contribution in [3.05, 3.63) is 70.9 Å².